The lowest BCUT2D eigenvalue weighted by molar-refractivity contribution is 0.0666. The van der Waals surface area contributed by atoms with Crippen molar-refractivity contribution in [3.8, 4) is 0 Å². The molecule has 0 saturated heterocycles. The van der Waals surface area contributed by atoms with E-state index >= 15 is 0 Å². The molecule has 0 aromatic heterocycles. The number of benzene rings is 1. The Hall–Kier alpha value is -1.55. The van der Waals surface area contributed by atoms with Gasteiger partial charge in [0.25, 0.3) is 0 Å². The van der Waals surface area contributed by atoms with E-state index in [4.69, 9.17) is 4.74 Å². The maximum atomic E-state index is 11.4. The zero-order valence-corrected chi connectivity index (χ0v) is 10.6. The van der Waals surface area contributed by atoms with Crippen molar-refractivity contribution in [2.75, 3.05) is 13.7 Å². The molecule has 0 radical (unpaired) electrons. The van der Waals surface area contributed by atoms with Gasteiger partial charge in [0.2, 0.25) is 0 Å². The van der Waals surface area contributed by atoms with Crippen LogP contribution in [0.25, 0.3) is 0 Å². The summed E-state index contributed by atoms with van der Waals surface area (Å²) in [6.45, 7) is 0.907. The van der Waals surface area contributed by atoms with E-state index < -0.39 is 6.09 Å². The molecule has 1 atom stereocenters. The Bertz CT molecular complexity index is 389. The molecule has 4 nitrogen and oxygen atoms in total. The maximum absolute atomic E-state index is 11.4. The van der Waals surface area contributed by atoms with Crippen LogP contribution in [-0.4, -0.2) is 35.9 Å². The predicted octanol–water partition coefficient (Wildman–Crippen LogP) is 2.59. The minimum atomic E-state index is -0.868. The van der Waals surface area contributed by atoms with E-state index in [1.807, 2.05) is 30.3 Å². The lowest BCUT2D eigenvalue weighted by Crippen LogP contribution is -2.43. The van der Waals surface area contributed by atoms with Gasteiger partial charge in [0.15, 0.2) is 0 Å². The maximum Gasteiger partial charge on any atom is 0.407 e. The van der Waals surface area contributed by atoms with Crippen molar-refractivity contribution in [2.45, 2.75) is 25.4 Å². The number of nitrogens with zero attached hydrogens (tertiary/aromatic N) is 1. The van der Waals surface area contributed by atoms with Crippen molar-refractivity contribution in [2.24, 2.45) is 5.92 Å². The molecule has 1 aliphatic carbocycles. The molecule has 1 amide bonds. The van der Waals surface area contributed by atoms with Gasteiger partial charge in [-0.1, -0.05) is 30.3 Å². The molecular formula is C14H19NO3. The Balaban J connectivity index is 2.09. The molecule has 0 aliphatic heterocycles. The van der Waals surface area contributed by atoms with Crippen LogP contribution in [0.3, 0.4) is 0 Å². The molecule has 1 fully saturated rings. The molecule has 1 saturated carbocycles. The first-order valence-corrected chi connectivity index (χ1v) is 6.25. The fraction of sp³-hybridized carbons (Fsp3) is 0.500. The Morgan fingerprint density at radius 3 is 2.61 bits per heavy atom. The van der Waals surface area contributed by atoms with Crippen LogP contribution in [0.2, 0.25) is 0 Å². The van der Waals surface area contributed by atoms with Crippen LogP contribution in [0.1, 0.15) is 18.4 Å². The highest BCUT2D eigenvalue weighted by Gasteiger charge is 2.37. The van der Waals surface area contributed by atoms with Gasteiger partial charge >= 0.3 is 6.09 Å². The monoisotopic (exact) mass is 249 g/mol. The van der Waals surface area contributed by atoms with Crippen molar-refractivity contribution in [1.82, 2.24) is 4.90 Å². The molecule has 0 bridgehead atoms. The lowest BCUT2D eigenvalue weighted by atomic mass is 10.1. The van der Waals surface area contributed by atoms with Crippen molar-refractivity contribution >= 4 is 6.09 Å². The minimum absolute atomic E-state index is 0.0206. The second kappa shape index (κ2) is 5.87. The van der Waals surface area contributed by atoms with E-state index in [9.17, 15) is 9.90 Å². The van der Waals surface area contributed by atoms with Crippen molar-refractivity contribution < 1.29 is 14.6 Å². The number of carboxylic acid groups (broad SMARTS) is 1. The lowest BCUT2D eigenvalue weighted by Gasteiger charge is -2.29. The van der Waals surface area contributed by atoms with Gasteiger partial charge in [-0.05, 0) is 24.3 Å². The molecule has 1 aliphatic rings. The van der Waals surface area contributed by atoms with Crippen LogP contribution in [0, 0.1) is 5.92 Å². The second-order valence-electron chi connectivity index (χ2n) is 4.76. The van der Waals surface area contributed by atoms with Gasteiger partial charge in [0.05, 0.1) is 12.6 Å². The van der Waals surface area contributed by atoms with E-state index in [0.717, 1.165) is 18.4 Å². The number of methoxy groups -OCH3 is 1. The third-order valence-electron chi connectivity index (χ3n) is 3.35. The summed E-state index contributed by atoms with van der Waals surface area (Å²) in [7, 11) is 1.62. The van der Waals surface area contributed by atoms with Crippen molar-refractivity contribution in [3.63, 3.8) is 0 Å². The van der Waals surface area contributed by atoms with Gasteiger partial charge in [0.1, 0.15) is 0 Å². The molecule has 98 valence electrons. The summed E-state index contributed by atoms with van der Waals surface area (Å²) in [5.74, 6) is 0.463. The minimum Gasteiger partial charge on any atom is -0.465 e. The number of ether oxygens (including phenoxy) is 1. The van der Waals surface area contributed by atoms with E-state index in [2.05, 4.69) is 0 Å². The van der Waals surface area contributed by atoms with Gasteiger partial charge in [0, 0.05) is 13.7 Å². The van der Waals surface area contributed by atoms with Gasteiger partial charge in [-0.15, -0.1) is 0 Å². The molecular weight excluding hydrogens is 230 g/mol. The molecule has 1 aromatic carbocycles. The largest absolute Gasteiger partial charge is 0.465 e. The number of hydrogen-bond donors (Lipinski definition) is 1. The van der Waals surface area contributed by atoms with Gasteiger partial charge < -0.3 is 9.84 Å². The average molecular weight is 249 g/mol. The molecule has 1 aromatic rings. The molecule has 0 unspecified atom stereocenters. The topological polar surface area (TPSA) is 49.8 Å². The van der Waals surface area contributed by atoms with Crippen molar-refractivity contribution in [1.29, 1.82) is 0 Å². The highest BCUT2D eigenvalue weighted by molar-refractivity contribution is 5.65. The van der Waals surface area contributed by atoms with Gasteiger partial charge in [-0.3, -0.25) is 4.90 Å². The number of amides is 1. The summed E-state index contributed by atoms with van der Waals surface area (Å²) in [6, 6.07) is 9.67. The normalized spacial score (nSPS) is 16.3. The predicted molar refractivity (Wildman–Crippen MR) is 68.4 cm³/mol. The second-order valence-corrected chi connectivity index (χ2v) is 4.76. The summed E-state index contributed by atoms with van der Waals surface area (Å²) in [5, 5.41) is 9.38. The van der Waals surface area contributed by atoms with Crippen molar-refractivity contribution in [3.05, 3.63) is 35.9 Å². The van der Waals surface area contributed by atoms with Crippen LogP contribution in [0.5, 0.6) is 0 Å². The summed E-state index contributed by atoms with van der Waals surface area (Å²) < 4.78 is 5.17. The smallest absolute Gasteiger partial charge is 0.407 e. The summed E-state index contributed by atoms with van der Waals surface area (Å²) in [6.07, 6.45) is 1.34. The Morgan fingerprint density at radius 2 is 2.11 bits per heavy atom. The zero-order valence-electron chi connectivity index (χ0n) is 10.6. The van der Waals surface area contributed by atoms with Gasteiger partial charge in [-0.2, -0.15) is 0 Å². The highest BCUT2D eigenvalue weighted by Crippen LogP contribution is 2.36. The van der Waals surface area contributed by atoms with Gasteiger partial charge in [-0.25, -0.2) is 4.79 Å². The van der Waals surface area contributed by atoms with Crippen LogP contribution >= 0.6 is 0 Å². The molecule has 4 heteroatoms. The molecule has 0 heterocycles. The number of hydrogen-bond acceptors (Lipinski definition) is 2. The Kier molecular flexibility index (Phi) is 4.20. The third-order valence-corrected chi connectivity index (χ3v) is 3.35. The van der Waals surface area contributed by atoms with E-state index in [-0.39, 0.29) is 6.04 Å². The molecule has 1 N–H and O–H groups in total. The summed E-state index contributed by atoms with van der Waals surface area (Å²) >= 11 is 0. The third kappa shape index (κ3) is 3.23. The number of carbonyl (C=O) groups is 1. The first-order valence-electron chi connectivity index (χ1n) is 6.25. The number of rotatable bonds is 6. The SMILES string of the molecule is COC[C@H](C1CC1)N(Cc1ccccc1)C(=O)O. The Labute approximate surface area is 107 Å². The van der Waals surface area contributed by atoms with E-state index in [1.165, 1.54) is 4.90 Å². The van der Waals surface area contributed by atoms with Crippen LogP contribution in [-0.2, 0) is 11.3 Å². The van der Waals surface area contributed by atoms with Crippen LogP contribution in [0.4, 0.5) is 4.79 Å². The summed E-state index contributed by atoms with van der Waals surface area (Å²) in [5.41, 5.74) is 1.02. The Morgan fingerprint density at radius 1 is 1.44 bits per heavy atom. The van der Waals surface area contributed by atoms with E-state index in [0.29, 0.717) is 19.1 Å². The van der Waals surface area contributed by atoms with E-state index in [1.54, 1.807) is 7.11 Å². The highest BCUT2D eigenvalue weighted by atomic mass is 16.5. The summed E-state index contributed by atoms with van der Waals surface area (Å²) in [4.78, 5) is 12.9. The fourth-order valence-electron chi connectivity index (χ4n) is 2.24. The first kappa shape index (κ1) is 12.9. The van der Waals surface area contributed by atoms with Crippen LogP contribution in [0.15, 0.2) is 30.3 Å². The first-order chi connectivity index (χ1) is 8.72. The quantitative estimate of drug-likeness (QED) is 0.843. The van der Waals surface area contributed by atoms with Crippen LogP contribution < -0.4 is 0 Å². The average Bonchev–Trinajstić information content (AvgIpc) is 3.19. The fourth-order valence-corrected chi connectivity index (χ4v) is 2.24. The molecule has 2 rings (SSSR count). The zero-order chi connectivity index (χ0) is 13.0. The molecule has 0 spiro atoms. The standard InChI is InChI=1S/C14H19NO3/c1-18-10-13(12-7-8-12)15(14(16)17)9-11-5-3-2-4-6-11/h2-6,12-13H,7-10H2,1H3,(H,16,17)/t13-/m1/s1. The molecule has 18 heavy (non-hydrogen) atoms.